The maximum Gasteiger partial charge on any atom is 0.264 e. The molecule has 0 amide bonds. The van der Waals surface area contributed by atoms with Crippen LogP contribution in [0, 0.1) is 0 Å². The van der Waals surface area contributed by atoms with Gasteiger partial charge in [0.25, 0.3) is 10.1 Å². The van der Waals surface area contributed by atoms with E-state index in [1.807, 2.05) is 0 Å². The van der Waals surface area contributed by atoms with Crippen LogP contribution >= 0.6 is 0 Å². The van der Waals surface area contributed by atoms with Crippen LogP contribution in [0.5, 0.6) is 0 Å². The van der Waals surface area contributed by atoms with E-state index in [4.69, 9.17) is 12.8 Å². The van der Waals surface area contributed by atoms with Crippen LogP contribution in [0.4, 0.5) is 0 Å². The van der Waals surface area contributed by atoms with Gasteiger partial charge in [-0.25, -0.2) is 0 Å². The quantitative estimate of drug-likeness (QED) is 0.546. The van der Waals surface area contributed by atoms with Crippen molar-refractivity contribution in [3.63, 3.8) is 0 Å². The molecule has 4 heteroatoms. The first kappa shape index (κ1) is 1.70. The molecule has 0 bridgehead atoms. The predicted molar refractivity (Wildman–Crippen MR) is 26.7 cm³/mol. The number of rotatable bonds is 2. The standard InChI is InChI=1S/C3H8O3S/c1-2-3-7(4,5)6/h2-3H2,1H3,(H,4,5,6)/i1D2,2D2,3D2. The minimum atomic E-state index is -5.29. The molecule has 1 N–H and O–H groups in total. The topological polar surface area (TPSA) is 54.4 Å². The van der Waals surface area contributed by atoms with Crippen molar-refractivity contribution in [3.05, 3.63) is 0 Å². The summed E-state index contributed by atoms with van der Waals surface area (Å²) in [5, 5.41) is 0. The summed E-state index contributed by atoms with van der Waals surface area (Å²) in [4.78, 5) is 0. The monoisotopic (exact) mass is 130 g/mol. The van der Waals surface area contributed by atoms with Crippen molar-refractivity contribution in [1.82, 2.24) is 0 Å². The lowest BCUT2D eigenvalue weighted by atomic mass is 10.6. The van der Waals surface area contributed by atoms with Gasteiger partial charge in [-0.15, -0.1) is 0 Å². The van der Waals surface area contributed by atoms with Gasteiger partial charge < -0.3 is 0 Å². The molecule has 0 radical (unpaired) electrons. The smallest absolute Gasteiger partial charge is 0.264 e. The van der Waals surface area contributed by atoms with Gasteiger partial charge in [0.2, 0.25) is 0 Å². The van der Waals surface area contributed by atoms with Crippen LogP contribution in [0.3, 0.4) is 0 Å². The van der Waals surface area contributed by atoms with Gasteiger partial charge in [0.1, 0.15) is 0 Å². The summed E-state index contributed by atoms with van der Waals surface area (Å²) in [7, 11) is -5.29. The molecule has 0 fully saturated rings. The summed E-state index contributed by atoms with van der Waals surface area (Å²) in [6.07, 6.45) is -3.29. The first-order valence-corrected chi connectivity index (χ1v) is 2.70. The molecule has 0 unspecified atom stereocenters. The Hall–Kier alpha value is -0.0900. The molecule has 0 aliphatic rings. The molecule has 0 aliphatic heterocycles. The highest BCUT2D eigenvalue weighted by Crippen LogP contribution is 1.83. The maximum absolute atomic E-state index is 10.4. The van der Waals surface area contributed by atoms with Gasteiger partial charge in [-0.1, -0.05) is 6.88 Å². The van der Waals surface area contributed by atoms with Crippen LogP contribution in [0.15, 0.2) is 0 Å². The van der Waals surface area contributed by atoms with Gasteiger partial charge in [0.15, 0.2) is 0 Å². The molecule has 0 rings (SSSR count). The summed E-state index contributed by atoms with van der Waals surface area (Å²) in [5.41, 5.74) is -3.66. The normalized spacial score (nSPS) is 28.9. The minimum absolute atomic E-state index is 2.36. The Morgan fingerprint density at radius 3 is 2.71 bits per heavy atom. The zero-order valence-electron chi connectivity index (χ0n) is 9.25. The van der Waals surface area contributed by atoms with Crippen molar-refractivity contribution >= 4 is 10.1 Å². The molecule has 0 saturated carbocycles. The molecular formula is C3H8O3S. The van der Waals surface area contributed by atoms with E-state index < -0.39 is 29.1 Å². The zero-order chi connectivity index (χ0) is 11.1. The van der Waals surface area contributed by atoms with Crippen LogP contribution in [0.25, 0.3) is 0 Å². The average molecular weight is 130 g/mol. The van der Waals surface area contributed by atoms with Crippen LogP contribution in [-0.2, 0) is 10.1 Å². The second-order valence-corrected chi connectivity index (χ2v) is 1.88. The Balaban J connectivity index is 5.29. The van der Waals surface area contributed by atoms with Gasteiger partial charge in [0, 0.05) is 8.22 Å². The largest absolute Gasteiger partial charge is 0.286 e. The molecule has 44 valence electrons. The third kappa shape index (κ3) is 5.91. The highest BCUT2D eigenvalue weighted by Gasteiger charge is 1.98. The molecule has 0 aromatic carbocycles. The first-order valence-electron chi connectivity index (χ1n) is 4.41. The Labute approximate surface area is 51.5 Å². The van der Waals surface area contributed by atoms with Crippen LogP contribution in [0.2, 0.25) is 0 Å². The van der Waals surface area contributed by atoms with Crippen molar-refractivity contribution in [2.75, 3.05) is 5.70 Å². The second kappa shape index (κ2) is 2.28. The fourth-order valence-electron chi connectivity index (χ4n) is 0.0745. The number of hydrogen-bond donors (Lipinski definition) is 1. The molecule has 0 saturated heterocycles. The first-order chi connectivity index (χ1) is 5.44. The van der Waals surface area contributed by atoms with E-state index in [9.17, 15) is 8.42 Å². The summed E-state index contributed by atoms with van der Waals surface area (Å²) < 4.78 is 69.3. The fraction of sp³-hybridized carbons (Fsp3) is 1.00. The SMILES string of the molecule is [2H]C([2H])C([2H])([2H])C([2H])([2H])S(=O)(=O)O. The van der Waals surface area contributed by atoms with Gasteiger partial charge in [0.05, 0.1) is 5.70 Å². The van der Waals surface area contributed by atoms with Gasteiger partial charge >= 0.3 is 0 Å². The molecule has 7 heavy (non-hydrogen) atoms. The Kier molecular flexibility index (Phi) is 0.554. The molecule has 0 atom stereocenters. The van der Waals surface area contributed by atoms with Crippen molar-refractivity contribution in [2.45, 2.75) is 13.2 Å². The van der Waals surface area contributed by atoms with E-state index in [1.54, 1.807) is 0 Å². The van der Waals surface area contributed by atoms with Crippen molar-refractivity contribution in [2.24, 2.45) is 0 Å². The highest BCUT2D eigenvalue weighted by molar-refractivity contribution is 7.85. The molecule has 0 aliphatic carbocycles. The highest BCUT2D eigenvalue weighted by atomic mass is 32.2. The summed E-state index contributed by atoms with van der Waals surface area (Å²) in [6.45, 7) is -2.36. The zero-order valence-corrected chi connectivity index (χ0v) is 4.07. The van der Waals surface area contributed by atoms with Gasteiger partial charge in [-0.3, -0.25) is 4.55 Å². The lowest BCUT2D eigenvalue weighted by Crippen LogP contribution is -2.01. The van der Waals surface area contributed by atoms with Crippen molar-refractivity contribution < 1.29 is 21.2 Å². The summed E-state index contributed by atoms with van der Waals surface area (Å²) in [6, 6.07) is 0. The molecule has 0 aromatic rings. The third-order valence-electron chi connectivity index (χ3n) is 0.188. The van der Waals surface area contributed by atoms with Crippen molar-refractivity contribution in [1.29, 1.82) is 0 Å². The molecule has 3 nitrogen and oxygen atoms in total. The van der Waals surface area contributed by atoms with Crippen LogP contribution < -0.4 is 0 Å². The summed E-state index contributed by atoms with van der Waals surface area (Å²) >= 11 is 0. The Bertz CT molecular complexity index is 281. The van der Waals surface area contributed by atoms with Crippen LogP contribution in [-0.4, -0.2) is 18.7 Å². The second-order valence-electron chi connectivity index (χ2n) is 0.721. The van der Waals surface area contributed by atoms with E-state index in [0.717, 1.165) is 0 Å². The lowest BCUT2D eigenvalue weighted by Gasteiger charge is -1.85. The lowest BCUT2D eigenvalue weighted by molar-refractivity contribution is 0.482. The van der Waals surface area contributed by atoms with E-state index in [2.05, 4.69) is 0 Å². The predicted octanol–water partition coefficient (Wildman–Crippen LogP) is 0.284. The van der Waals surface area contributed by atoms with E-state index in [0.29, 0.717) is 0 Å². The third-order valence-corrected chi connectivity index (χ3v) is 0.564. The average Bonchev–Trinajstić information content (AvgIpc) is 1.84. The molecule has 0 spiro atoms. The van der Waals surface area contributed by atoms with Crippen molar-refractivity contribution in [3.8, 4) is 0 Å². The maximum atomic E-state index is 10.4. The summed E-state index contributed by atoms with van der Waals surface area (Å²) in [5.74, 6) is 0. The minimum Gasteiger partial charge on any atom is -0.286 e. The Morgan fingerprint density at radius 1 is 2.00 bits per heavy atom. The van der Waals surface area contributed by atoms with Crippen LogP contribution in [0.1, 0.15) is 21.5 Å². The molecular weight excluding hydrogens is 116 g/mol. The van der Waals surface area contributed by atoms with E-state index in [1.165, 1.54) is 0 Å². The Morgan fingerprint density at radius 2 is 2.57 bits per heavy atom. The van der Waals surface area contributed by atoms with Gasteiger partial charge in [-0.2, -0.15) is 8.42 Å². The van der Waals surface area contributed by atoms with Gasteiger partial charge in [-0.05, 0) is 6.37 Å². The molecule has 0 heterocycles. The van der Waals surface area contributed by atoms with E-state index in [-0.39, 0.29) is 0 Å². The molecule has 0 aromatic heterocycles. The number of hydrogen-bond acceptors (Lipinski definition) is 2. The fourth-order valence-corrected chi connectivity index (χ4v) is 0.223. The van der Waals surface area contributed by atoms with E-state index >= 15 is 0 Å².